The maximum Gasteiger partial charge on any atom is 0.184 e. The molecule has 0 spiro atoms. The average Bonchev–Trinajstić information content (AvgIpc) is 2.22. The van der Waals surface area contributed by atoms with Gasteiger partial charge in [0.2, 0.25) is 0 Å². The van der Waals surface area contributed by atoms with Gasteiger partial charge in [0.1, 0.15) is 5.60 Å². The quantitative estimate of drug-likeness (QED) is 0.745. The van der Waals surface area contributed by atoms with E-state index in [4.69, 9.17) is 16.3 Å². The first-order valence-corrected chi connectivity index (χ1v) is 6.57. The van der Waals surface area contributed by atoms with Crippen LogP contribution in [0.3, 0.4) is 0 Å². The Morgan fingerprint density at radius 3 is 2.28 bits per heavy atom. The molecule has 0 atom stereocenters. The van der Waals surface area contributed by atoms with Gasteiger partial charge in [0.25, 0.3) is 0 Å². The van der Waals surface area contributed by atoms with E-state index < -0.39 is 0 Å². The number of hydrogen-bond donors (Lipinski definition) is 1. The van der Waals surface area contributed by atoms with Crippen molar-refractivity contribution in [1.82, 2.24) is 0 Å². The van der Waals surface area contributed by atoms with Gasteiger partial charge in [0, 0.05) is 10.7 Å². The van der Waals surface area contributed by atoms with Gasteiger partial charge in [0.05, 0.1) is 0 Å². The van der Waals surface area contributed by atoms with E-state index in [-0.39, 0.29) is 5.60 Å². The lowest BCUT2D eigenvalue weighted by Crippen LogP contribution is -2.21. The largest absolute Gasteiger partial charge is 0.474 e. The molecule has 2 nitrogen and oxygen atoms in total. The standard InChI is InChI=1S/C13H18ClNO.C2H6/c1-9-8-11(14)6-7-12(9)15-10(2)16-13(3,4)5;1-2/h6-8,15H,2H2,1,3-5H3;1-2H3. The van der Waals surface area contributed by atoms with Gasteiger partial charge in [0.15, 0.2) is 5.88 Å². The van der Waals surface area contributed by atoms with Crippen molar-refractivity contribution in [2.45, 2.75) is 47.1 Å². The highest BCUT2D eigenvalue weighted by Gasteiger charge is 2.12. The van der Waals surface area contributed by atoms with Crippen LogP contribution in [0.5, 0.6) is 0 Å². The van der Waals surface area contributed by atoms with Gasteiger partial charge in [-0.1, -0.05) is 25.4 Å². The number of hydrogen-bond acceptors (Lipinski definition) is 2. The lowest BCUT2D eigenvalue weighted by atomic mass is 10.2. The number of nitrogens with one attached hydrogen (secondary N) is 1. The molecule has 1 rings (SSSR count). The molecule has 0 aliphatic heterocycles. The minimum absolute atomic E-state index is 0.246. The van der Waals surface area contributed by atoms with Crippen molar-refractivity contribution in [3.8, 4) is 0 Å². The number of halogens is 1. The summed E-state index contributed by atoms with van der Waals surface area (Å²) in [5.41, 5.74) is 1.77. The van der Waals surface area contributed by atoms with E-state index in [1.807, 2.05) is 59.7 Å². The number of aryl methyl sites for hydroxylation is 1. The second-order valence-electron chi connectivity index (χ2n) is 4.72. The molecule has 0 saturated carbocycles. The molecule has 102 valence electrons. The van der Waals surface area contributed by atoms with E-state index in [2.05, 4.69) is 11.9 Å². The third-order valence-electron chi connectivity index (χ3n) is 1.89. The second-order valence-corrected chi connectivity index (χ2v) is 5.16. The Morgan fingerprint density at radius 2 is 1.83 bits per heavy atom. The topological polar surface area (TPSA) is 21.3 Å². The predicted molar refractivity (Wildman–Crippen MR) is 81.1 cm³/mol. The molecule has 0 aliphatic carbocycles. The van der Waals surface area contributed by atoms with E-state index in [0.29, 0.717) is 5.88 Å². The Balaban J connectivity index is 0.00000137. The zero-order valence-corrected chi connectivity index (χ0v) is 13.0. The summed E-state index contributed by atoms with van der Waals surface area (Å²) in [7, 11) is 0. The molecule has 0 saturated heterocycles. The van der Waals surface area contributed by atoms with E-state index in [1.54, 1.807) is 0 Å². The molecule has 0 unspecified atom stereocenters. The molecule has 0 bridgehead atoms. The van der Waals surface area contributed by atoms with Crippen LogP contribution in [-0.2, 0) is 4.74 Å². The van der Waals surface area contributed by atoms with E-state index in [0.717, 1.165) is 16.3 Å². The van der Waals surface area contributed by atoms with E-state index >= 15 is 0 Å². The fraction of sp³-hybridized carbons (Fsp3) is 0.467. The summed E-state index contributed by atoms with van der Waals surface area (Å²) in [6.45, 7) is 15.8. The predicted octanol–water partition coefficient (Wildman–Crippen LogP) is 5.37. The Bertz CT molecular complexity index is 394. The van der Waals surface area contributed by atoms with Crippen LogP contribution >= 0.6 is 11.6 Å². The first-order valence-electron chi connectivity index (χ1n) is 6.19. The molecule has 0 fully saturated rings. The van der Waals surface area contributed by atoms with Gasteiger partial charge in [-0.2, -0.15) is 0 Å². The fourth-order valence-corrected chi connectivity index (χ4v) is 1.54. The van der Waals surface area contributed by atoms with Crippen LogP contribution in [0.25, 0.3) is 0 Å². The zero-order valence-electron chi connectivity index (χ0n) is 12.2. The minimum atomic E-state index is -0.246. The van der Waals surface area contributed by atoms with E-state index in [9.17, 15) is 0 Å². The van der Waals surface area contributed by atoms with Crippen LogP contribution in [0.4, 0.5) is 5.69 Å². The molecule has 0 radical (unpaired) electrons. The monoisotopic (exact) mass is 269 g/mol. The van der Waals surface area contributed by atoms with Crippen molar-refractivity contribution in [3.05, 3.63) is 41.2 Å². The lowest BCUT2D eigenvalue weighted by Gasteiger charge is -2.23. The van der Waals surface area contributed by atoms with Gasteiger partial charge >= 0.3 is 0 Å². The summed E-state index contributed by atoms with van der Waals surface area (Å²) in [6, 6.07) is 5.64. The normalized spacial score (nSPS) is 10.2. The van der Waals surface area contributed by atoms with Gasteiger partial charge in [-0.3, -0.25) is 0 Å². The van der Waals surface area contributed by atoms with Crippen molar-refractivity contribution in [3.63, 3.8) is 0 Å². The highest BCUT2D eigenvalue weighted by molar-refractivity contribution is 6.30. The Hall–Kier alpha value is -1.15. The Morgan fingerprint density at radius 1 is 1.28 bits per heavy atom. The Kier molecular flexibility index (Phi) is 6.85. The molecule has 1 aromatic carbocycles. The van der Waals surface area contributed by atoms with Gasteiger partial charge < -0.3 is 10.1 Å². The van der Waals surface area contributed by atoms with Crippen molar-refractivity contribution >= 4 is 17.3 Å². The number of rotatable bonds is 3. The minimum Gasteiger partial charge on any atom is -0.474 e. The number of ether oxygens (including phenoxy) is 1. The maximum atomic E-state index is 5.88. The summed E-state index contributed by atoms with van der Waals surface area (Å²) < 4.78 is 5.59. The highest BCUT2D eigenvalue weighted by atomic mass is 35.5. The van der Waals surface area contributed by atoms with Gasteiger partial charge in [-0.05, 0) is 58.0 Å². The summed E-state index contributed by atoms with van der Waals surface area (Å²) in [4.78, 5) is 0. The van der Waals surface area contributed by atoms with Crippen LogP contribution in [0, 0.1) is 6.92 Å². The first kappa shape index (κ1) is 16.9. The van der Waals surface area contributed by atoms with Crippen LogP contribution in [-0.4, -0.2) is 5.60 Å². The molecule has 1 aromatic rings. The van der Waals surface area contributed by atoms with Crippen LogP contribution in [0.15, 0.2) is 30.7 Å². The number of anilines is 1. The Labute approximate surface area is 116 Å². The van der Waals surface area contributed by atoms with Crippen LogP contribution < -0.4 is 5.32 Å². The first-order chi connectivity index (χ1) is 8.28. The van der Waals surface area contributed by atoms with Crippen molar-refractivity contribution < 1.29 is 4.74 Å². The van der Waals surface area contributed by atoms with Crippen LogP contribution in [0.2, 0.25) is 5.02 Å². The lowest BCUT2D eigenvalue weighted by molar-refractivity contribution is 0.0565. The summed E-state index contributed by atoms with van der Waals surface area (Å²) >= 11 is 5.88. The molecule has 1 N–H and O–H groups in total. The van der Waals surface area contributed by atoms with Gasteiger partial charge in [-0.15, -0.1) is 0 Å². The van der Waals surface area contributed by atoms with Crippen molar-refractivity contribution in [1.29, 1.82) is 0 Å². The van der Waals surface area contributed by atoms with E-state index in [1.165, 1.54) is 0 Å². The summed E-state index contributed by atoms with van der Waals surface area (Å²) in [5, 5.41) is 3.85. The number of benzene rings is 1. The fourth-order valence-electron chi connectivity index (χ4n) is 1.31. The zero-order chi connectivity index (χ0) is 14.3. The van der Waals surface area contributed by atoms with Crippen molar-refractivity contribution in [2.75, 3.05) is 5.32 Å². The third kappa shape index (κ3) is 6.55. The highest BCUT2D eigenvalue weighted by Crippen LogP contribution is 2.22. The average molecular weight is 270 g/mol. The summed E-state index contributed by atoms with van der Waals surface area (Å²) in [6.07, 6.45) is 0. The smallest absolute Gasteiger partial charge is 0.184 e. The SMILES string of the molecule is C=C(Nc1ccc(Cl)cc1C)OC(C)(C)C.CC. The maximum absolute atomic E-state index is 5.88. The third-order valence-corrected chi connectivity index (χ3v) is 2.13. The molecule has 0 amide bonds. The molecule has 0 aromatic heterocycles. The molecule has 0 aliphatic rings. The van der Waals surface area contributed by atoms with Crippen LogP contribution in [0.1, 0.15) is 40.2 Å². The molecule has 0 heterocycles. The second kappa shape index (κ2) is 7.32. The molecular formula is C15H24ClNO. The molecular weight excluding hydrogens is 246 g/mol. The molecule has 3 heteroatoms. The van der Waals surface area contributed by atoms with Crippen molar-refractivity contribution in [2.24, 2.45) is 0 Å². The van der Waals surface area contributed by atoms with Gasteiger partial charge in [-0.25, -0.2) is 0 Å². The summed E-state index contributed by atoms with van der Waals surface area (Å²) in [5.74, 6) is 0.540. The molecule has 18 heavy (non-hydrogen) atoms.